The fraction of sp³-hybridized carbons (Fsp3) is 0.143. The van der Waals surface area contributed by atoms with Crippen LogP contribution in [-0.2, 0) is 10.0 Å². The number of nitrogens with two attached hydrogens (primary N) is 1. The second-order valence-corrected chi connectivity index (χ2v) is 7.34. The van der Waals surface area contributed by atoms with E-state index in [0.717, 1.165) is 16.1 Å². The summed E-state index contributed by atoms with van der Waals surface area (Å²) in [5.41, 5.74) is 7.22. The van der Waals surface area contributed by atoms with Crippen LogP contribution in [0.15, 0.2) is 39.7 Å². The Hall–Kier alpha value is -1.60. The molecule has 0 atom stereocenters. The third-order valence-corrected chi connectivity index (χ3v) is 4.78. The number of hydrogen-bond acceptors (Lipinski definition) is 3. The summed E-state index contributed by atoms with van der Waals surface area (Å²) < 4.78 is 41.4. The summed E-state index contributed by atoms with van der Waals surface area (Å²) in [7, 11) is -3.90. The molecular weight excluding hydrogens is 359 g/mol. The monoisotopic (exact) mass is 372 g/mol. The minimum Gasteiger partial charge on any atom is -0.398 e. The van der Waals surface area contributed by atoms with Crippen molar-refractivity contribution in [3.8, 4) is 0 Å². The van der Waals surface area contributed by atoms with Crippen LogP contribution in [0.4, 0.5) is 15.8 Å². The Bertz CT molecular complexity index is 763. The lowest BCUT2D eigenvalue weighted by Crippen LogP contribution is -2.14. The number of anilines is 2. The Labute approximate surface area is 131 Å². The Balaban J connectivity index is 2.43. The molecule has 0 fully saturated rings. The fourth-order valence-corrected chi connectivity index (χ4v) is 3.53. The van der Waals surface area contributed by atoms with Crippen LogP contribution >= 0.6 is 15.9 Å². The van der Waals surface area contributed by atoms with Crippen molar-refractivity contribution >= 4 is 37.3 Å². The third kappa shape index (κ3) is 3.54. The molecule has 2 aromatic carbocycles. The van der Waals surface area contributed by atoms with E-state index in [9.17, 15) is 12.8 Å². The van der Waals surface area contributed by atoms with Gasteiger partial charge in [0.05, 0.1) is 10.6 Å². The van der Waals surface area contributed by atoms with E-state index in [1.165, 1.54) is 13.0 Å². The number of hydrogen-bond donors (Lipinski definition) is 2. The van der Waals surface area contributed by atoms with Crippen molar-refractivity contribution in [2.45, 2.75) is 18.7 Å². The number of nitrogens with one attached hydrogen (secondary N) is 1. The van der Waals surface area contributed by atoms with Gasteiger partial charge in [-0.2, -0.15) is 0 Å². The highest BCUT2D eigenvalue weighted by Crippen LogP contribution is 2.25. The van der Waals surface area contributed by atoms with Gasteiger partial charge in [-0.1, -0.05) is 15.9 Å². The molecule has 2 aromatic rings. The minimum absolute atomic E-state index is 0.0980. The normalized spacial score (nSPS) is 11.4. The van der Waals surface area contributed by atoms with Crippen molar-refractivity contribution in [1.82, 2.24) is 0 Å². The molecule has 0 aliphatic rings. The number of sulfonamides is 1. The molecule has 3 N–H and O–H groups in total. The van der Waals surface area contributed by atoms with E-state index in [4.69, 9.17) is 5.73 Å². The zero-order valence-corrected chi connectivity index (χ0v) is 13.8. The van der Waals surface area contributed by atoms with Crippen LogP contribution in [0.3, 0.4) is 0 Å². The van der Waals surface area contributed by atoms with E-state index in [0.29, 0.717) is 5.69 Å². The predicted octanol–water partition coefficient (Wildman–Crippen LogP) is 3.59. The van der Waals surface area contributed by atoms with Gasteiger partial charge in [0, 0.05) is 15.7 Å². The van der Waals surface area contributed by atoms with Gasteiger partial charge in [-0.3, -0.25) is 4.72 Å². The zero-order valence-electron chi connectivity index (χ0n) is 11.4. The maximum Gasteiger partial charge on any atom is 0.262 e. The van der Waals surface area contributed by atoms with Crippen LogP contribution in [0, 0.1) is 19.7 Å². The highest BCUT2D eigenvalue weighted by Gasteiger charge is 2.18. The minimum atomic E-state index is -3.90. The molecule has 112 valence electrons. The summed E-state index contributed by atoms with van der Waals surface area (Å²) in [5, 5.41) is 0. The number of halogens is 2. The van der Waals surface area contributed by atoms with E-state index >= 15 is 0 Å². The van der Waals surface area contributed by atoms with Crippen LogP contribution in [-0.4, -0.2) is 8.42 Å². The summed E-state index contributed by atoms with van der Waals surface area (Å²) in [6, 6.07) is 7.35. The highest BCUT2D eigenvalue weighted by molar-refractivity contribution is 9.10. The second kappa shape index (κ2) is 5.65. The molecule has 0 saturated heterocycles. The third-order valence-electron chi connectivity index (χ3n) is 2.96. The first kappa shape index (κ1) is 15.8. The first-order valence-corrected chi connectivity index (χ1v) is 8.32. The molecule has 0 aliphatic carbocycles. The maximum absolute atomic E-state index is 13.7. The Morgan fingerprint density at radius 3 is 2.38 bits per heavy atom. The smallest absolute Gasteiger partial charge is 0.262 e. The molecule has 0 bridgehead atoms. The van der Waals surface area contributed by atoms with Crippen molar-refractivity contribution in [3.63, 3.8) is 0 Å². The van der Waals surface area contributed by atoms with Crippen molar-refractivity contribution in [2.75, 3.05) is 10.5 Å². The van der Waals surface area contributed by atoms with Gasteiger partial charge in [-0.15, -0.1) is 0 Å². The van der Waals surface area contributed by atoms with Gasteiger partial charge in [-0.25, -0.2) is 12.8 Å². The number of benzene rings is 2. The molecule has 4 nitrogen and oxygen atoms in total. The second-order valence-electron chi connectivity index (χ2n) is 4.74. The van der Waals surface area contributed by atoms with E-state index in [2.05, 4.69) is 20.7 Å². The van der Waals surface area contributed by atoms with E-state index in [-0.39, 0.29) is 16.1 Å². The van der Waals surface area contributed by atoms with Crippen LogP contribution in [0.2, 0.25) is 0 Å². The SMILES string of the molecule is Cc1cc(Br)cc(NS(=O)(=O)c2cc(N)c(C)c(F)c2)c1. The Kier molecular flexibility index (Phi) is 4.25. The summed E-state index contributed by atoms with van der Waals surface area (Å²) in [6.07, 6.45) is 0. The quantitative estimate of drug-likeness (QED) is 0.808. The van der Waals surface area contributed by atoms with Gasteiger partial charge in [0.15, 0.2) is 0 Å². The molecule has 21 heavy (non-hydrogen) atoms. The summed E-state index contributed by atoms with van der Waals surface area (Å²) in [6.45, 7) is 3.33. The lowest BCUT2D eigenvalue weighted by atomic mass is 10.2. The predicted molar refractivity (Wildman–Crippen MR) is 85.2 cm³/mol. The van der Waals surface area contributed by atoms with Crippen LogP contribution in [0.5, 0.6) is 0 Å². The fourth-order valence-electron chi connectivity index (χ4n) is 1.84. The van der Waals surface area contributed by atoms with E-state index < -0.39 is 15.8 Å². The molecule has 0 heterocycles. The van der Waals surface area contributed by atoms with Crippen molar-refractivity contribution < 1.29 is 12.8 Å². The molecule has 0 saturated carbocycles. The highest BCUT2D eigenvalue weighted by atomic mass is 79.9. The van der Waals surface area contributed by atoms with Gasteiger partial charge in [0.2, 0.25) is 0 Å². The standard InChI is InChI=1S/C14H14BrFN2O2S/c1-8-3-10(15)5-11(4-8)18-21(19,20)12-6-13(16)9(2)14(17)7-12/h3-7,18H,17H2,1-2H3. The van der Waals surface area contributed by atoms with Crippen molar-refractivity contribution in [2.24, 2.45) is 0 Å². The molecule has 0 aromatic heterocycles. The zero-order chi connectivity index (χ0) is 15.8. The molecule has 0 radical (unpaired) electrons. The first-order valence-electron chi connectivity index (χ1n) is 6.04. The molecule has 2 rings (SSSR count). The molecule has 0 spiro atoms. The topological polar surface area (TPSA) is 72.2 Å². The number of nitrogen functional groups attached to an aromatic ring is 1. The van der Waals surface area contributed by atoms with Gasteiger partial charge < -0.3 is 5.73 Å². The molecule has 7 heteroatoms. The average Bonchev–Trinajstić information content (AvgIpc) is 2.33. The van der Waals surface area contributed by atoms with Gasteiger partial charge in [0.25, 0.3) is 10.0 Å². The van der Waals surface area contributed by atoms with Gasteiger partial charge >= 0.3 is 0 Å². The largest absolute Gasteiger partial charge is 0.398 e. The Morgan fingerprint density at radius 2 is 1.81 bits per heavy atom. The van der Waals surface area contributed by atoms with Crippen LogP contribution in [0.1, 0.15) is 11.1 Å². The molecule has 0 aliphatic heterocycles. The van der Waals surface area contributed by atoms with Crippen LogP contribution < -0.4 is 10.5 Å². The first-order chi connectivity index (χ1) is 9.69. The average molecular weight is 373 g/mol. The molecule has 0 amide bonds. The number of aryl methyl sites for hydroxylation is 1. The van der Waals surface area contributed by atoms with Crippen molar-refractivity contribution in [1.29, 1.82) is 0 Å². The molecular formula is C14H14BrFN2O2S. The summed E-state index contributed by atoms with van der Waals surface area (Å²) in [4.78, 5) is -0.208. The Morgan fingerprint density at radius 1 is 1.14 bits per heavy atom. The van der Waals surface area contributed by atoms with Gasteiger partial charge in [-0.05, 0) is 49.7 Å². The summed E-state index contributed by atoms with van der Waals surface area (Å²) >= 11 is 3.29. The van der Waals surface area contributed by atoms with Crippen LogP contribution in [0.25, 0.3) is 0 Å². The maximum atomic E-state index is 13.7. The lowest BCUT2D eigenvalue weighted by Gasteiger charge is -2.11. The van der Waals surface area contributed by atoms with E-state index in [1.54, 1.807) is 12.1 Å². The van der Waals surface area contributed by atoms with Crippen molar-refractivity contribution in [3.05, 3.63) is 51.7 Å². The van der Waals surface area contributed by atoms with Gasteiger partial charge in [0.1, 0.15) is 5.82 Å². The lowest BCUT2D eigenvalue weighted by molar-refractivity contribution is 0.593. The summed E-state index contributed by atoms with van der Waals surface area (Å²) in [5.74, 6) is -0.652. The number of rotatable bonds is 3. The van der Waals surface area contributed by atoms with E-state index in [1.807, 2.05) is 13.0 Å². The molecule has 0 unspecified atom stereocenters.